The Balaban J connectivity index is 1.83. The van der Waals surface area contributed by atoms with E-state index in [9.17, 15) is 31.5 Å². The number of halogens is 4. The molecule has 6 nitrogen and oxygen atoms in total. The molecule has 11 heteroatoms. The summed E-state index contributed by atoms with van der Waals surface area (Å²) in [6, 6.07) is 4.15. The van der Waals surface area contributed by atoms with Crippen LogP contribution in [0.5, 0.6) is 0 Å². The summed E-state index contributed by atoms with van der Waals surface area (Å²) in [7, 11) is -4.07. The number of hydrogen-bond acceptors (Lipinski definition) is 4. The normalized spacial score (nSPS) is 19.2. The van der Waals surface area contributed by atoms with Crippen molar-refractivity contribution in [2.45, 2.75) is 29.9 Å². The number of nitrogens with one attached hydrogen (secondary N) is 2. The number of rotatable bonds is 5. The maximum absolute atomic E-state index is 13.3. The first kappa shape index (κ1) is 20.6. The zero-order valence-corrected chi connectivity index (χ0v) is 15.6. The van der Waals surface area contributed by atoms with Crippen LogP contribution in [0.3, 0.4) is 0 Å². The van der Waals surface area contributed by atoms with Crippen molar-refractivity contribution in [2.24, 2.45) is 0 Å². The van der Waals surface area contributed by atoms with E-state index in [1.54, 1.807) is 0 Å². The second-order valence-corrected chi connectivity index (χ2v) is 8.39. The molecule has 1 aliphatic rings. The van der Waals surface area contributed by atoms with E-state index in [-0.39, 0.29) is 34.0 Å². The van der Waals surface area contributed by atoms with Gasteiger partial charge in [0.25, 0.3) is 5.91 Å². The Bertz CT molecular complexity index is 1020. The molecule has 0 saturated heterocycles. The molecule has 0 aliphatic heterocycles. The van der Waals surface area contributed by atoms with Crippen LogP contribution in [0, 0.1) is 17.5 Å². The molecule has 0 atom stereocenters. The zero-order valence-electron chi connectivity index (χ0n) is 14.0. The molecule has 0 bridgehead atoms. The molecule has 1 amide bonds. The second-order valence-electron chi connectivity index (χ2n) is 6.30. The summed E-state index contributed by atoms with van der Waals surface area (Å²) in [6.07, 6.45) is -0.0472. The Morgan fingerprint density at radius 1 is 1.11 bits per heavy atom. The summed E-state index contributed by atoms with van der Waals surface area (Å²) < 4.78 is 66.8. The molecular formula is C17H14ClF3N2O4S. The summed E-state index contributed by atoms with van der Waals surface area (Å²) in [5.41, 5.74) is -0.495. The number of carbonyl (C=O) groups is 1. The van der Waals surface area contributed by atoms with Gasteiger partial charge in [-0.05, 0) is 31.0 Å². The number of anilines is 1. The molecule has 0 unspecified atom stereocenters. The Labute approximate surface area is 163 Å². The van der Waals surface area contributed by atoms with E-state index in [1.165, 1.54) is 12.1 Å². The van der Waals surface area contributed by atoms with Crippen LogP contribution in [0.4, 0.5) is 18.9 Å². The number of sulfonamides is 1. The van der Waals surface area contributed by atoms with Gasteiger partial charge < -0.3 is 10.4 Å². The van der Waals surface area contributed by atoms with Crippen LogP contribution >= 0.6 is 11.6 Å². The lowest BCUT2D eigenvalue weighted by atomic mass is 9.91. The second kappa shape index (κ2) is 7.70. The monoisotopic (exact) mass is 434 g/mol. The van der Waals surface area contributed by atoms with Gasteiger partial charge in [0.15, 0.2) is 17.5 Å². The third kappa shape index (κ3) is 4.30. The predicted octanol–water partition coefficient (Wildman–Crippen LogP) is 2.81. The van der Waals surface area contributed by atoms with Crippen LogP contribution in [0.2, 0.25) is 5.02 Å². The summed E-state index contributed by atoms with van der Waals surface area (Å²) in [5, 5.41) is 11.3. The van der Waals surface area contributed by atoms with Gasteiger partial charge in [0.05, 0.1) is 11.1 Å². The summed E-state index contributed by atoms with van der Waals surface area (Å²) in [4.78, 5) is 11.9. The van der Waals surface area contributed by atoms with E-state index in [2.05, 4.69) is 10.0 Å². The maximum atomic E-state index is 13.3. The highest BCUT2D eigenvalue weighted by Crippen LogP contribution is 2.27. The molecular weight excluding hydrogens is 421 g/mol. The van der Waals surface area contributed by atoms with Crippen LogP contribution in [0.25, 0.3) is 0 Å². The van der Waals surface area contributed by atoms with Gasteiger partial charge in [-0.1, -0.05) is 11.6 Å². The highest BCUT2D eigenvalue weighted by atomic mass is 35.5. The fourth-order valence-corrected chi connectivity index (χ4v) is 4.44. The van der Waals surface area contributed by atoms with Crippen molar-refractivity contribution < 1.29 is 31.5 Å². The molecule has 28 heavy (non-hydrogen) atoms. The molecule has 3 N–H and O–H groups in total. The van der Waals surface area contributed by atoms with Crippen molar-refractivity contribution in [2.75, 3.05) is 5.32 Å². The minimum Gasteiger partial charge on any atom is -0.393 e. The fourth-order valence-electron chi connectivity index (χ4n) is 2.65. The Kier molecular flexibility index (Phi) is 5.67. The summed E-state index contributed by atoms with van der Waals surface area (Å²) in [6.45, 7) is 0. The molecule has 3 rings (SSSR count). The van der Waals surface area contributed by atoms with Crippen molar-refractivity contribution in [1.29, 1.82) is 0 Å². The zero-order chi connectivity index (χ0) is 20.6. The van der Waals surface area contributed by atoms with E-state index in [0.717, 1.165) is 6.07 Å². The number of aliphatic hydroxyl groups is 1. The first-order valence-corrected chi connectivity index (χ1v) is 9.89. The molecule has 0 heterocycles. The highest BCUT2D eigenvalue weighted by molar-refractivity contribution is 7.89. The minimum absolute atomic E-state index is 0.136. The van der Waals surface area contributed by atoms with E-state index < -0.39 is 45.5 Å². The topological polar surface area (TPSA) is 95.5 Å². The predicted molar refractivity (Wildman–Crippen MR) is 95.1 cm³/mol. The lowest BCUT2D eigenvalue weighted by Crippen LogP contribution is -2.46. The van der Waals surface area contributed by atoms with Crippen LogP contribution in [0.15, 0.2) is 35.2 Å². The molecule has 0 radical (unpaired) electrons. The smallest absolute Gasteiger partial charge is 0.255 e. The van der Waals surface area contributed by atoms with Crippen LogP contribution in [-0.2, 0) is 10.0 Å². The molecule has 0 spiro atoms. The van der Waals surface area contributed by atoms with Crippen molar-refractivity contribution in [3.8, 4) is 0 Å². The fraction of sp³-hybridized carbons (Fsp3) is 0.235. The standard InChI is InChI=1S/C17H14ClF3N2O4S/c18-12-2-1-8(3-15(12)28(26,27)23-10-4-11(24)5-10)17(25)22-9-6-13(19)16(21)14(20)7-9/h1-3,6-7,10-11,23-24H,4-5H2,(H,22,25). The van der Waals surface area contributed by atoms with E-state index in [4.69, 9.17) is 11.6 Å². The molecule has 2 aromatic carbocycles. The van der Waals surface area contributed by atoms with Gasteiger partial charge >= 0.3 is 0 Å². The Morgan fingerprint density at radius 2 is 1.71 bits per heavy atom. The number of amides is 1. The maximum Gasteiger partial charge on any atom is 0.255 e. The van der Waals surface area contributed by atoms with Gasteiger partial charge in [0.1, 0.15) is 4.90 Å². The number of hydrogen-bond donors (Lipinski definition) is 3. The Morgan fingerprint density at radius 3 is 2.29 bits per heavy atom. The van der Waals surface area contributed by atoms with E-state index in [0.29, 0.717) is 12.1 Å². The van der Waals surface area contributed by atoms with Crippen molar-refractivity contribution in [3.63, 3.8) is 0 Å². The van der Waals surface area contributed by atoms with Gasteiger partial charge in [0.2, 0.25) is 10.0 Å². The molecule has 150 valence electrons. The van der Waals surface area contributed by atoms with Gasteiger partial charge in [-0.2, -0.15) is 0 Å². The van der Waals surface area contributed by atoms with Crippen molar-refractivity contribution >= 4 is 33.2 Å². The average Bonchev–Trinajstić information content (AvgIpc) is 2.58. The van der Waals surface area contributed by atoms with Crippen molar-refractivity contribution in [3.05, 3.63) is 58.4 Å². The minimum atomic E-state index is -4.07. The first-order valence-electron chi connectivity index (χ1n) is 8.02. The third-order valence-corrected chi connectivity index (χ3v) is 6.16. The lowest BCUT2D eigenvalue weighted by Gasteiger charge is -2.31. The molecule has 1 aliphatic carbocycles. The number of carbonyl (C=O) groups excluding carboxylic acids is 1. The van der Waals surface area contributed by atoms with E-state index in [1.807, 2.05) is 0 Å². The third-order valence-electron chi connectivity index (χ3n) is 4.16. The molecule has 1 fully saturated rings. The number of benzene rings is 2. The van der Waals surface area contributed by atoms with Crippen LogP contribution in [-0.4, -0.2) is 31.6 Å². The lowest BCUT2D eigenvalue weighted by molar-refractivity contribution is 0.0712. The average molecular weight is 435 g/mol. The highest BCUT2D eigenvalue weighted by Gasteiger charge is 2.32. The van der Waals surface area contributed by atoms with Crippen LogP contribution in [0.1, 0.15) is 23.2 Å². The number of aliphatic hydroxyl groups excluding tert-OH is 1. The van der Waals surface area contributed by atoms with Crippen molar-refractivity contribution in [1.82, 2.24) is 4.72 Å². The largest absolute Gasteiger partial charge is 0.393 e. The van der Waals surface area contributed by atoms with Crippen LogP contribution < -0.4 is 10.0 Å². The molecule has 1 saturated carbocycles. The summed E-state index contributed by atoms with van der Waals surface area (Å²) in [5.74, 6) is -5.52. The van der Waals surface area contributed by atoms with Gasteiger partial charge in [-0.15, -0.1) is 0 Å². The van der Waals surface area contributed by atoms with E-state index >= 15 is 0 Å². The SMILES string of the molecule is O=C(Nc1cc(F)c(F)c(F)c1)c1ccc(Cl)c(S(=O)(=O)NC2CC(O)C2)c1. The summed E-state index contributed by atoms with van der Waals surface area (Å²) >= 11 is 5.94. The quantitative estimate of drug-likeness (QED) is 0.631. The van der Waals surface area contributed by atoms with Gasteiger partial charge in [-0.3, -0.25) is 4.79 Å². The molecule has 2 aromatic rings. The molecule has 0 aromatic heterocycles. The first-order chi connectivity index (χ1) is 13.1. The van der Waals surface area contributed by atoms with Gasteiger partial charge in [-0.25, -0.2) is 26.3 Å². The van der Waals surface area contributed by atoms with Gasteiger partial charge in [0, 0.05) is 29.4 Å². The Hall–Kier alpha value is -2.14.